The summed E-state index contributed by atoms with van der Waals surface area (Å²) in [4.78, 5) is 13.7. The van der Waals surface area contributed by atoms with Crippen molar-refractivity contribution in [1.29, 1.82) is 0 Å². The molecular formula is C14H27N3O3S. The maximum absolute atomic E-state index is 11.8. The van der Waals surface area contributed by atoms with Crippen molar-refractivity contribution < 1.29 is 13.2 Å². The van der Waals surface area contributed by atoms with Crippen LogP contribution >= 0.6 is 0 Å². The fourth-order valence-electron chi connectivity index (χ4n) is 3.79. The van der Waals surface area contributed by atoms with E-state index in [0.29, 0.717) is 0 Å². The Bertz CT molecular complexity index is 452. The van der Waals surface area contributed by atoms with Crippen LogP contribution in [-0.2, 0) is 10.0 Å². The highest BCUT2D eigenvalue weighted by Gasteiger charge is 2.33. The van der Waals surface area contributed by atoms with Crippen molar-refractivity contribution in [2.45, 2.75) is 75.9 Å². The fourth-order valence-corrected chi connectivity index (χ4v) is 4.63. The number of nitrogens with two attached hydrogens (primary N) is 1. The SMILES string of the molecule is CS(=O)(=O)NC1CCC(N(C(N)=O)C2CCCCC2)CC1. The highest BCUT2D eigenvalue weighted by molar-refractivity contribution is 7.88. The molecule has 2 aliphatic carbocycles. The van der Waals surface area contributed by atoms with Crippen LogP contribution in [0.25, 0.3) is 0 Å². The lowest BCUT2D eigenvalue weighted by Gasteiger charge is -2.42. The van der Waals surface area contributed by atoms with Gasteiger partial charge in [-0.25, -0.2) is 17.9 Å². The first-order valence-corrected chi connectivity index (χ1v) is 9.81. The summed E-state index contributed by atoms with van der Waals surface area (Å²) in [5, 5.41) is 0. The minimum absolute atomic E-state index is 0.00247. The molecule has 3 N–H and O–H groups in total. The lowest BCUT2D eigenvalue weighted by atomic mass is 9.87. The number of amides is 2. The topological polar surface area (TPSA) is 92.5 Å². The quantitative estimate of drug-likeness (QED) is 0.824. The second kappa shape index (κ2) is 6.96. The van der Waals surface area contributed by atoms with E-state index in [4.69, 9.17) is 5.73 Å². The Morgan fingerprint density at radius 3 is 2.00 bits per heavy atom. The minimum Gasteiger partial charge on any atom is -0.351 e. The predicted molar refractivity (Wildman–Crippen MR) is 82.3 cm³/mol. The molecule has 2 saturated carbocycles. The Hall–Kier alpha value is -0.820. The van der Waals surface area contributed by atoms with Crippen molar-refractivity contribution >= 4 is 16.1 Å². The molecule has 0 heterocycles. The first kappa shape index (κ1) is 16.5. The number of carbonyl (C=O) groups excluding carboxylic acids is 1. The standard InChI is InChI=1S/C14H27N3O3S/c1-21(19,20)16-11-7-9-13(10-8-11)17(14(15)18)12-5-3-2-4-6-12/h11-13,16H,2-10H2,1H3,(H2,15,18). The summed E-state index contributed by atoms with van der Waals surface area (Å²) in [7, 11) is -3.15. The van der Waals surface area contributed by atoms with Crippen LogP contribution < -0.4 is 10.5 Å². The summed E-state index contributed by atoms with van der Waals surface area (Å²) in [6.07, 6.45) is 10.1. The van der Waals surface area contributed by atoms with Crippen LogP contribution in [0, 0.1) is 0 Å². The van der Waals surface area contributed by atoms with Gasteiger partial charge in [0.25, 0.3) is 0 Å². The lowest BCUT2D eigenvalue weighted by molar-refractivity contribution is 0.106. The minimum atomic E-state index is -3.15. The molecule has 6 nitrogen and oxygen atoms in total. The molecular weight excluding hydrogens is 290 g/mol. The summed E-state index contributed by atoms with van der Waals surface area (Å²) in [5.41, 5.74) is 5.61. The van der Waals surface area contributed by atoms with E-state index in [0.717, 1.165) is 38.5 Å². The molecule has 2 fully saturated rings. The molecule has 0 radical (unpaired) electrons. The van der Waals surface area contributed by atoms with Gasteiger partial charge in [0.1, 0.15) is 0 Å². The van der Waals surface area contributed by atoms with Gasteiger partial charge in [0, 0.05) is 18.1 Å². The Morgan fingerprint density at radius 1 is 1.00 bits per heavy atom. The first-order valence-electron chi connectivity index (χ1n) is 7.92. The van der Waals surface area contributed by atoms with E-state index in [-0.39, 0.29) is 24.2 Å². The fraction of sp³-hybridized carbons (Fsp3) is 0.929. The number of urea groups is 1. The molecule has 0 aliphatic heterocycles. The highest BCUT2D eigenvalue weighted by Crippen LogP contribution is 2.30. The van der Waals surface area contributed by atoms with Crippen LogP contribution in [0.1, 0.15) is 57.8 Å². The molecule has 21 heavy (non-hydrogen) atoms. The molecule has 2 aliphatic rings. The first-order chi connectivity index (χ1) is 9.87. The van der Waals surface area contributed by atoms with Crippen LogP contribution in [0.2, 0.25) is 0 Å². The molecule has 0 saturated heterocycles. The van der Waals surface area contributed by atoms with Crippen molar-refractivity contribution in [1.82, 2.24) is 9.62 Å². The third kappa shape index (κ3) is 4.85. The molecule has 0 aromatic rings. The van der Waals surface area contributed by atoms with Crippen molar-refractivity contribution in [3.8, 4) is 0 Å². The molecule has 0 atom stereocenters. The molecule has 7 heteroatoms. The normalized spacial score (nSPS) is 28.2. The van der Waals surface area contributed by atoms with Gasteiger partial charge in [0.15, 0.2) is 0 Å². The van der Waals surface area contributed by atoms with E-state index in [1.165, 1.54) is 25.5 Å². The van der Waals surface area contributed by atoms with Crippen LogP contribution in [0.4, 0.5) is 4.79 Å². The number of hydrogen-bond donors (Lipinski definition) is 2. The van der Waals surface area contributed by atoms with Gasteiger partial charge in [-0.1, -0.05) is 19.3 Å². The third-order valence-electron chi connectivity index (χ3n) is 4.69. The van der Waals surface area contributed by atoms with Gasteiger partial charge in [0.05, 0.1) is 6.26 Å². The number of nitrogens with one attached hydrogen (secondary N) is 1. The number of nitrogens with zero attached hydrogens (tertiary/aromatic N) is 1. The smallest absolute Gasteiger partial charge is 0.315 e. The number of rotatable bonds is 4. The summed E-state index contributed by atoms with van der Waals surface area (Å²) in [6, 6.07) is 0.127. The van der Waals surface area contributed by atoms with Gasteiger partial charge in [-0.3, -0.25) is 0 Å². The predicted octanol–water partition coefficient (Wildman–Crippen LogP) is 1.56. The van der Waals surface area contributed by atoms with E-state index in [1.807, 2.05) is 4.90 Å². The van der Waals surface area contributed by atoms with Crippen LogP contribution in [0.5, 0.6) is 0 Å². The van der Waals surface area contributed by atoms with Gasteiger partial charge < -0.3 is 10.6 Å². The highest BCUT2D eigenvalue weighted by atomic mass is 32.2. The molecule has 122 valence electrons. The van der Waals surface area contributed by atoms with E-state index in [9.17, 15) is 13.2 Å². The molecule has 0 aromatic heterocycles. The number of sulfonamides is 1. The van der Waals surface area contributed by atoms with E-state index in [2.05, 4.69) is 4.72 Å². The average molecular weight is 317 g/mol. The second-order valence-corrected chi connectivity index (χ2v) is 8.21. The van der Waals surface area contributed by atoms with E-state index >= 15 is 0 Å². The zero-order valence-electron chi connectivity index (χ0n) is 12.8. The van der Waals surface area contributed by atoms with Gasteiger partial charge in [0.2, 0.25) is 10.0 Å². The summed E-state index contributed by atoms with van der Waals surface area (Å²) in [5.74, 6) is 0. The zero-order valence-corrected chi connectivity index (χ0v) is 13.6. The molecule has 0 unspecified atom stereocenters. The van der Waals surface area contributed by atoms with Crippen molar-refractivity contribution in [3.05, 3.63) is 0 Å². The Morgan fingerprint density at radius 2 is 1.52 bits per heavy atom. The third-order valence-corrected chi connectivity index (χ3v) is 5.45. The Kier molecular flexibility index (Phi) is 5.48. The van der Waals surface area contributed by atoms with Crippen LogP contribution in [0.3, 0.4) is 0 Å². The molecule has 2 amide bonds. The van der Waals surface area contributed by atoms with E-state index in [1.54, 1.807) is 0 Å². The Balaban J connectivity index is 1.93. The molecule has 2 rings (SSSR count). The largest absolute Gasteiger partial charge is 0.351 e. The molecule has 0 bridgehead atoms. The Labute approximate surface area is 127 Å². The molecule has 0 aromatic carbocycles. The van der Waals surface area contributed by atoms with Crippen LogP contribution in [-0.4, -0.2) is 43.7 Å². The zero-order chi connectivity index (χ0) is 15.5. The summed E-state index contributed by atoms with van der Waals surface area (Å²) < 4.78 is 25.2. The molecule has 0 spiro atoms. The number of hydrogen-bond acceptors (Lipinski definition) is 3. The van der Waals surface area contributed by atoms with Gasteiger partial charge in [-0.05, 0) is 38.5 Å². The average Bonchev–Trinajstić information content (AvgIpc) is 2.40. The van der Waals surface area contributed by atoms with Crippen molar-refractivity contribution in [3.63, 3.8) is 0 Å². The van der Waals surface area contributed by atoms with Gasteiger partial charge >= 0.3 is 6.03 Å². The summed E-state index contributed by atoms with van der Waals surface area (Å²) in [6.45, 7) is 0. The maximum atomic E-state index is 11.8. The van der Waals surface area contributed by atoms with Crippen LogP contribution in [0.15, 0.2) is 0 Å². The lowest BCUT2D eigenvalue weighted by Crippen LogP contribution is -2.52. The van der Waals surface area contributed by atoms with Crippen molar-refractivity contribution in [2.24, 2.45) is 5.73 Å². The monoisotopic (exact) mass is 317 g/mol. The number of carbonyl (C=O) groups is 1. The second-order valence-electron chi connectivity index (χ2n) is 6.43. The van der Waals surface area contributed by atoms with E-state index < -0.39 is 10.0 Å². The number of primary amides is 1. The van der Waals surface area contributed by atoms with Gasteiger partial charge in [-0.2, -0.15) is 0 Å². The van der Waals surface area contributed by atoms with Crippen molar-refractivity contribution in [2.75, 3.05) is 6.26 Å². The maximum Gasteiger partial charge on any atom is 0.315 e. The summed E-state index contributed by atoms with van der Waals surface area (Å²) >= 11 is 0. The van der Waals surface area contributed by atoms with Gasteiger partial charge in [-0.15, -0.1) is 0 Å².